The van der Waals surface area contributed by atoms with Crippen molar-refractivity contribution in [3.05, 3.63) is 0 Å². The summed E-state index contributed by atoms with van der Waals surface area (Å²) in [7, 11) is -6.95. The summed E-state index contributed by atoms with van der Waals surface area (Å²) in [5.74, 6) is -0.135. The number of ether oxygens (including phenoxy) is 1. The van der Waals surface area contributed by atoms with Gasteiger partial charge in [0, 0.05) is 13.2 Å². The molecule has 2 heterocycles. The normalized spacial score (nSPS) is 16.2. The van der Waals surface area contributed by atoms with Crippen molar-refractivity contribution in [2.75, 3.05) is 64.2 Å². The summed E-state index contributed by atoms with van der Waals surface area (Å²) in [4.78, 5) is 0. The minimum Gasteiger partial charge on any atom is -0.381 e. The van der Waals surface area contributed by atoms with E-state index in [9.17, 15) is 21.2 Å². The first kappa shape index (κ1) is 44.0. The molecule has 0 atom stereocenters. The third-order valence-corrected chi connectivity index (χ3v) is 8.73. The predicted octanol–water partition coefficient (Wildman–Crippen LogP) is 6.70. The summed E-state index contributed by atoms with van der Waals surface area (Å²) in [6.45, 7) is 16.9. The summed E-state index contributed by atoms with van der Waals surface area (Å²) in [5, 5.41) is 0. The van der Waals surface area contributed by atoms with Crippen LogP contribution >= 0.6 is 0 Å². The van der Waals surface area contributed by atoms with Gasteiger partial charge in [-0.1, -0.05) is 53.4 Å². The molecule has 2 fully saturated rings. The minimum absolute atomic E-state index is 0. The highest BCUT2D eigenvalue weighted by molar-refractivity contribution is 7.86. The van der Waals surface area contributed by atoms with E-state index in [1.165, 1.54) is 94.9 Å². The molecule has 0 aromatic carbocycles. The van der Waals surface area contributed by atoms with E-state index in [1.54, 1.807) is 0 Å². The van der Waals surface area contributed by atoms with Crippen molar-refractivity contribution < 1.29 is 43.9 Å². The van der Waals surface area contributed by atoms with E-state index in [0.29, 0.717) is 6.61 Å². The molecule has 0 amide bonds. The first-order chi connectivity index (χ1) is 18.5. The van der Waals surface area contributed by atoms with Gasteiger partial charge in [-0.05, 0) is 64.2 Å². The van der Waals surface area contributed by atoms with Crippen LogP contribution in [0.15, 0.2) is 0 Å². The quantitative estimate of drug-likeness (QED) is 0.0879. The van der Waals surface area contributed by atoms with Crippen molar-refractivity contribution in [1.29, 1.82) is 0 Å². The SMILES string of the molecule is C1CCOC1.CCCC[N+](CCCC)(CCCC)CCCC.F.O=S(=O)(O)CCCCF.O=S1(=O)CCCCO1. The van der Waals surface area contributed by atoms with E-state index in [4.69, 9.17) is 9.29 Å². The Hall–Kier alpha value is -0.400. The molecule has 12 heteroatoms. The van der Waals surface area contributed by atoms with Crippen molar-refractivity contribution in [1.82, 2.24) is 0 Å². The van der Waals surface area contributed by atoms with Gasteiger partial charge in [0.2, 0.25) is 0 Å². The highest BCUT2D eigenvalue weighted by atomic mass is 32.2. The molecular formula is C28H62F2NO7S2+. The van der Waals surface area contributed by atoms with Gasteiger partial charge in [-0.25, -0.2) is 0 Å². The first-order valence-corrected chi connectivity index (χ1v) is 18.5. The standard InChI is InChI=1S/C16H36N.C4H9FO3S.C4H8O3S.C4H8O.FH/c1-5-9-13-17(14-10-6-2,15-11-7-3)16-12-8-4;5-3-1-2-4-9(6,7)8;5-8(6)4-2-1-3-7-8;1-2-4-5-3-1;/h5-16H2,1-4H3;1-4H2,(H,6,7,8);1-4H2;1-4H2;1H/q+1;;;;. The Morgan fingerprint density at radius 2 is 1.15 bits per heavy atom. The van der Waals surface area contributed by atoms with E-state index in [-0.39, 0.29) is 29.1 Å². The topological polar surface area (TPSA) is 107 Å². The second kappa shape index (κ2) is 28.7. The summed E-state index contributed by atoms with van der Waals surface area (Å²) >= 11 is 0. The van der Waals surface area contributed by atoms with Crippen LogP contribution in [0.1, 0.15) is 118 Å². The van der Waals surface area contributed by atoms with Crippen LogP contribution in [0.2, 0.25) is 0 Å². The molecule has 0 aliphatic carbocycles. The summed E-state index contributed by atoms with van der Waals surface area (Å²) in [6.07, 6.45) is 15.6. The third-order valence-electron chi connectivity index (χ3n) is 6.61. The van der Waals surface area contributed by atoms with Crippen LogP contribution < -0.4 is 0 Å². The van der Waals surface area contributed by atoms with E-state index in [2.05, 4.69) is 31.9 Å². The Kier molecular flexibility index (Phi) is 31.6. The number of rotatable bonds is 16. The van der Waals surface area contributed by atoms with Crippen LogP contribution in [-0.4, -0.2) is 90.1 Å². The second-order valence-corrected chi connectivity index (χ2v) is 13.8. The van der Waals surface area contributed by atoms with Gasteiger partial charge in [0.15, 0.2) is 0 Å². The van der Waals surface area contributed by atoms with E-state index in [0.717, 1.165) is 26.1 Å². The lowest BCUT2D eigenvalue weighted by atomic mass is 10.1. The molecule has 0 unspecified atom stereocenters. The molecule has 0 saturated carbocycles. The van der Waals surface area contributed by atoms with Crippen molar-refractivity contribution in [2.45, 2.75) is 118 Å². The third kappa shape index (κ3) is 30.6. The van der Waals surface area contributed by atoms with Gasteiger partial charge in [-0.15, -0.1) is 0 Å². The summed E-state index contributed by atoms with van der Waals surface area (Å²) < 4.78 is 70.9. The van der Waals surface area contributed by atoms with Crippen LogP contribution in [0.5, 0.6) is 0 Å². The van der Waals surface area contributed by atoms with Gasteiger partial charge in [-0.2, -0.15) is 16.8 Å². The van der Waals surface area contributed by atoms with E-state index in [1.807, 2.05) is 0 Å². The molecule has 0 spiro atoms. The van der Waals surface area contributed by atoms with Crippen molar-refractivity contribution in [3.63, 3.8) is 0 Å². The maximum Gasteiger partial charge on any atom is 0.267 e. The molecule has 2 saturated heterocycles. The predicted molar refractivity (Wildman–Crippen MR) is 163 cm³/mol. The van der Waals surface area contributed by atoms with Crippen LogP contribution in [0.4, 0.5) is 9.09 Å². The molecule has 0 aromatic heterocycles. The number of hydrogen-bond acceptors (Lipinski definition) is 6. The maximum absolute atomic E-state index is 11.3. The highest BCUT2D eigenvalue weighted by Gasteiger charge is 2.24. The van der Waals surface area contributed by atoms with Gasteiger partial charge < -0.3 is 9.22 Å². The zero-order chi connectivity index (χ0) is 29.9. The van der Waals surface area contributed by atoms with Gasteiger partial charge in [0.05, 0.1) is 51.0 Å². The van der Waals surface area contributed by atoms with Gasteiger partial charge in [-0.3, -0.25) is 17.8 Å². The highest BCUT2D eigenvalue weighted by Crippen LogP contribution is 2.16. The number of unbranched alkanes of at least 4 members (excludes halogenated alkanes) is 5. The largest absolute Gasteiger partial charge is 0.381 e. The molecule has 2 aliphatic heterocycles. The fourth-order valence-corrected chi connectivity index (χ4v) is 5.78. The average Bonchev–Trinajstić information content (AvgIpc) is 3.49. The number of halogens is 2. The number of hydrogen-bond donors (Lipinski definition) is 1. The first-order valence-electron chi connectivity index (χ1n) is 15.3. The van der Waals surface area contributed by atoms with Crippen LogP contribution in [-0.2, 0) is 29.2 Å². The molecule has 246 valence electrons. The number of quaternary nitrogens is 1. The smallest absolute Gasteiger partial charge is 0.267 e. The zero-order valence-corrected chi connectivity index (χ0v) is 27.6. The molecule has 0 bridgehead atoms. The zero-order valence-electron chi connectivity index (χ0n) is 25.9. The summed E-state index contributed by atoms with van der Waals surface area (Å²) in [5.41, 5.74) is 0. The monoisotopic (exact) mass is 626 g/mol. The molecule has 2 aliphatic rings. The fourth-order valence-electron chi connectivity index (χ4n) is 4.16. The van der Waals surface area contributed by atoms with Crippen molar-refractivity contribution in [3.8, 4) is 0 Å². The lowest BCUT2D eigenvalue weighted by Crippen LogP contribution is -2.50. The maximum atomic E-state index is 11.3. The van der Waals surface area contributed by atoms with E-state index >= 15 is 0 Å². The van der Waals surface area contributed by atoms with Crippen LogP contribution in [0, 0.1) is 0 Å². The van der Waals surface area contributed by atoms with Gasteiger partial charge in [0.1, 0.15) is 0 Å². The van der Waals surface area contributed by atoms with Gasteiger partial charge in [0.25, 0.3) is 20.2 Å². The molecular weight excluding hydrogens is 564 g/mol. The second-order valence-electron chi connectivity index (χ2n) is 10.4. The Bertz CT molecular complexity index is 678. The average molecular weight is 627 g/mol. The molecule has 2 rings (SSSR count). The Balaban J connectivity index is -0.000000498. The van der Waals surface area contributed by atoms with E-state index < -0.39 is 26.9 Å². The van der Waals surface area contributed by atoms with Crippen LogP contribution in [0.25, 0.3) is 0 Å². The molecule has 1 N–H and O–H groups in total. The number of alkyl halides is 1. The number of nitrogens with zero attached hydrogens (tertiary/aromatic N) is 1. The molecule has 8 nitrogen and oxygen atoms in total. The summed E-state index contributed by atoms with van der Waals surface area (Å²) in [6, 6.07) is 0. The molecule has 0 radical (unpaired) electrons. The Morgan fingerprint density at radius 3 is 1.38 bits per heavy atom. The van der Waals surface area contributed by atoms with Gasteiger partial charge >= 0.3 is 0 Å². The molecule has 40 heavy (non-hydrogen) atoms. The lowest BCUT2D eigenvalue weighted by molar-refractivity contribution is -0.929. The lowest BCUT2D eigenvalue weighted by Gasteiger charge is -2.39. The minimum atomic E-state index is -3.86. The molecule has 0 aromatic rings. The van der Waals surface area contributed by atoms with Crippen molar-refractivity contribution in [2.24, 2.45) is 0 Å². The Morgan fingerprint density at radius 1 is 0.725 bits per heavy atom. The fraction of sp³-hybridized carbons (Fsp3) is 1.00. The van der Waals surface area contributed by atoms with Crippen molar-refractivity contribution >= 4 is 20.2 Å². The Labute approximate surface area is 245 Å². The van der Waals surface area contributed by atoms with Crippen LogP contribution in [0.3, 0.4) is 0 Å².